The Hall–Kier alpha value is -2.93. The van der Waals surface area contributed by atoms with E-state index in [0.717, 1.165) is 16.5 Å². The van der Waals surface area contributed by atoms with Crippen molar-refractivity contribution in [1.29, 1.82) is 0 Å². The number of carbonyl (C=O) groups excluding carboxylic acids is 2. The van der Waals surface area contributed by atoms with Gasteiger partial charge in [-0.05, 0) is 36.2 Å². The average Bonchev–Trinajstić information content (AvgIpc) is 3.05. The lowest BCUT2D eigenvalue weighted by atomic mass is 10.1. The fourth-order valence-electron chi connectivity index (χ4n) is 2.17. The van der Waals surface area contributed by atoms with Gasteiger partial charge < -0.3 is 16.0 Å². The number of fused-ring (bicyclic) bond motifs is 1. The highest BCUT2D eigenvalue weighted by Gasteiger charge is 2.05. The normalized spacial score (nSPS) is 10.1. The van der Waals surface area contributed by atoms with Gasteiger partial charge >= 0.3 is 0 Å². The van der Waals surface area contributed by atoms with E-state index in [0.29, 0.717) is 23.7 Å². The summed E-state index contributed by atoms with van der Waals surface area (Å²) in [6.07, 6.45) is 2.66. The molecule has 0 radical (unpaired) electrons. The van der Waals surface area contributed by atoms with Crippen molar-refractivity contribution < 1.29 is 14.0 Å². The van der Waals surface area contributed by atoms with E-state index in [9.17, 15) is 14.0 Å². The number of aromatic nitrogens is 2. The number of carbonyl (C=O) groups is 2. The summed E-state index contributed by atoms with van der Waals surface area (Å²) in [5, 5.41) is 3.75. The Bertz CT molecular complexity index is 909. The first kappa shape index (κ1) is 19.4. The number of benzene rings is 1. The SMILES string of the molecule is CNC(=O)CCc1ccc(F)cc1.NC(=O)c1cc2cc(Cl)ncc2[nH]1. The molecule has 8 heteroatoms. The van der Waals surface area contributed by atoms with Crippen LogP contribution in [-0.2, 0) is 11.2 Å². The number of hydrogen-bond acceptors (Lipinski definition) is 3. The summed E-state index contributed by atoms with van der Waals surface area (Å²) < 4.78 is 12.5. The number of aryl methyl sites for hydroxylation is 1. The third-order valence-corrected chi connectivity index (χ3v) is 3.78. The molecule has 0 fully saturated rings. The second-order valence-electron chi connectivity index (χ2n) is 5.44. The van der Waals surface area contributed by atoms with Gasteiger partial charge in [0.15, 0.2) is 0 Å². The van der Waals surface area contributed by atoms with Crippen LogP contribution in [0.3, 0.4) is 0 Å². The predicted octanol–water partition coefficient (Wildman–Crippen LogP) is 2.82. The van der Waals surface area contributed by atoms with E-state index in [-0.39, 0.29) is 11.7 Å². The van der Waals surface area contributed by atoms with Gasteiger partial charge in [0.25, 0.3) is 5.91 Å². The molecule has 0 bridgehead atoms. The number of nitrogens with zero attached hydrogens (tertiary/aromatic N) is 1. The van der Waals surface area contributed by atoms with E-state index in [2.05, 4.69) is 15.3 Å². The lowest BCUT2D eigenvalue weighted by molar-refractivity contribution is -0.120. The molecule has 0 aliphatic carbocycles. The Morgan fingerprint density at radius 3 is 2.58 bits per heavy atom. The second kappa shape index (κ2) is 8.96. The Kier molecular flexibility index (Phi) is 6.68. The summed E-state index contributed by atoms with van der Waals surface area (Å²) in [6.45, 7) is 0. The highest BCUT2D eigenvalue weighted by atomic mass is 35.5. The molecule has 2 amide bonds. The molecule has 1 aromatic carbocycles. The minimum Gasteiger partial charge on any atom is -0.364 e. The lowest BCUT2D eigenvalue weighted by Crippen LogP contribution is -2.17. The van der Waals surface area contributed by atoms with Crippen LogP contribution in [0, 0.1) is 5.82 Å². The topological polar surface area (TPSA) is 101 Å². The lowest BCUT2D eigenvalue weighted by Gasteiger charge is -2.00. The average molecular weight is 377 g/mol. The van der Waals surface area contributed by atoms with Crippen LogP contribution < -0.4 is 11.1 Å². The summed E-state index contributed by atoms with van der Waals surface area (Å²) in [4.78, 5) is 28.3. The van der Waals surface area contributed by atoms with Crippen molar-refractivity contribution >= 4 is 34.3 Å². The van der Waals surface area contributed by atoms with Gasteiger partial charge in [-0.2, -0.15) is 0 Å². The smallest absolute Gasteiger partial charge is 0.265 e. The maximum Gasteiger partial charge on any atom is 0.265 e. The molecule has 0 saturated heterocycles. The number of H-pyrrole nitrogens is 1. The minimum absolute atomic E-state index is 0.00400. The van der Waals surface area contributed by atoms with Crippen molar-refractivity contribution in [2.24, 2.45) is 5.73 Å². The van der Waals surface area contributed by atoms with Crippen molar-refractivity contribution in [2.75, 3.05) is 7.05 Å². The Labute approximate surface area is 154 Å². The molecule has 26 heavy (non-hydrogen) atoms. The third-order valence-electron chi connectivity index (χ3n) is 3.57. The van der Waals surface area contributed by atoms with Crippen LogP contribution in [0.4, 0.5) is 4.39 Å². The summed E-state index contributed by atoms with van der Waals surface area (Å²) in [6, 6.07) is 9.50. The molecule has 6 nitrogen and oxygen atoms in total. The fourth-order valence-corrected chi connectivity index (χ4v) is 2.34. The Balaban J connectivity index is 0.000000187. The Morgan fingerprint density at radius 2 is 1.96 bits per heavy atom. The van der Waals surface area contributed by atoms with Gasteiger partial charge in [0.05, 0.1) is 11.7 Å². The number of halogens is 2. The van der Waals surface area contributed by atoms with Gasteiger partial charge in [0.2, 0.25) is 5.91 Å². The van der Waals surface area contributed by atoms with Gasteiger partial charge in [0.1, 0.15) is 16.7 Å². The van der Waals surface area contributed by atoms with E-state index < -0.39 is 5.91 Å². The first-order chi connectivity index (χ1) is 12.4. The highest BCUT2D eigenvalue weighted by Crippen LogP contribution is 2.17. The molecular weight excluding hydrogens is 359 g/mol. The zero-order chi connectivity index (χ0) is 19.1. The van der Waals surface area contributed by atoms with Gasteiger partial charge in [0, 0.05) is 18.9 Å². The minimum atomic E-state index is -0.493. The van der Waals surface area contributed by atoms with Crippen LogP contribution in [0.25, 0.3) is 10.9 Å². The number of nitrogens with two attached hydrogens (primary N) is 1. The molecule has 0 aliphatic heterocycles. The van der Waals surface area contributed by atoms with Crippen molar-refractivity contribution in [3.63, 3.8) is 0 Å². The fraction of sp³-hybridized carbons (Fsp3) is 0.167. The van der Waals surface area contributed by atoms with Crippen LogP contribution in [-0.4, -0.2) is 28.8 Å². The van der Waals surface area contributed by atoms with Crippen molar-refractivity contribution in [3.8, 4) is 0 Å². The molecule has 2 aromatic heterocycles. The number of primary amides is 1. The number of amides is 2. The first-order valence-electron chi connectivity index (χ1n) is 7.78. The molecule has 0 atom stereocenters. The van der Waals surface area contributed by atoms with Gasteiger partial charge in [-0.1, -0.05) is 23.7 Å². The van der Waals surface area contributed by atoms with Gasteiger partial charge in [-0.3, -0.25) is 9.59 Å². The molecule has 2 heterocycles. The quantitative estimate of drug-likeness (QED) is 0.610. The maximum atomic E-state index is 12.5. The molecule has 0 saturated carbocycles. The van der Waals surface area contributed by atoms with Crippen LogP contribution in [0.2, 0.25) is 5.15 Å². The standard InChI is InChI=1S/C10H12FNO.C8H6ClN3O/c1-12-10(13)7-4-8-2-5-9(11)6-3-8;9-7-2-4-1-5(8(10)13)12-6(4)3-11-7/h2-3,5-6H,4,7H2,1H3,(H,12,13);1-3,12H,(H2,10,13). The zero-order valence-electron chi connectivity index (χ0n) is 14.1. The monoisotopic (exact) mass is 376 g/mol. The number of pyridine rings is 1. The number of nitrogens with one attached hydrogen (secondary N) is 2. The van der Waals surface area contributed by atoms with Crippen molar-refractivity contribution in [2.45, 2.75) is 12.8 Å². The molecule has 3 aromatic rings. The third kappa shape index (κ3) is 5.56. The summed E-state index contributed by atoms with van der Waals surface area (Å²) in [7, 11) is 1.60. The van der Waals surface area contributed by atoms with Crippen LogP contribution in [0.1, 0.15) is 22.5 Å². The van der Waals surface area contributed by atoms with Crippen molar-refractivity contribution in [1.82, 2.24) is 15.3 Å². The molecule has 0 unspecified atom stereocenters. The van der Waals surface area contributed by atoms with E-state index in [4.69, 9.17) is 17.3 Å². The van der Waals surface area contributed by atoms with E-state index in [1.165, 1.54) is 12.1 Å². The predicted molar refractivity (Wildman–Crippen MR) is 98.4 cm³/mol. The van der Waals surface area contributed by atoms with E-state index >= 15 is 0 Å². The van der Waals surface area contributed by atoms with E-state index in [1.807, 2.05) is 0 Å². The molecule has 136 valence electrons. The molecule has 0 aliphatic rings. The van der Waals surface area contributed by atoms with Crippen molar-refractivity contribution in [3.05, 3.63) is 64.8 Å². The molecule has 0 spiro atoms. The molecule has 4 N–H and O–H groups in total. The summed E-state index contributed by atoms with van der Waals surface area (Å²) in [5.41, 5.74) is 7.18. The summed E-state index contributed by atoms with van der Waals surface area (Å²) in [5.74, 6) is -0.736. The van der Waals surface area contributed by atoms with Crippen LogP contribution >= 0.6 is 11.6 Å². The van der Waals surface area contributed by atoms with E-state index in [1.54, 1.807) is 37.5 Å². The number of rotatable bonds is 4. The summed E-state index contributed by atoms with van der Waals surface area (Å²) >= 11 is 5.67. The van der Waals surface area contributed by atoms with Crippen LogP contribution in [0.15, 0.2) is 42.6 Å². The number of aromatic amines is 1. The second-order valence-corrected chi connectivity index (χ2v) is 5.83. The maximum absolute atomic E-state index is 12.5. The molecule has 3 rings (SSSR count). The van der Waals surface area contributed by atoms with Gasteiger partial charge in [-0.15, -0.1) is 0 Å². The number of hydrogen-bond donors (Lipinski definition) is 3. The molecular formula is C18H18ClFN4O2. The largest absolute Gasteiger partial charge is 0.364 e. The Morgan fingerprint density at radius 1 is 1.27 bits per heavy atom. The highest BCUT2D eigenvalue weighted by molar-refractivity contribution is 6.30. The first-order valence-corrected chi connectivity index (χ1v) is 8.16. The van der Waals surface area contributed by atoms with Gasteiger partial charge in [-0.25, -0.2) is 9.37 Å². The zero-order valence-corrected chi connectivity index (χ0v) is 14.8. The van der Waals surface area contributed by atoms with Crippen LogP contribution in [0.5, 0.6) is 0 Å².